The lowest BCUT2D eigenvalue weighted by molar-refractivity contribution is 0.592. The van der Waals surface area contributed by atoms with Crippen LogP contribution in [0.15, 0.2) is 148 Å². The summed E-state index contributed by atoms with van der Waals surface area (Å²) in [5, 5.41) is 6.58. The van der Waals surface area contributed by atoms with Crippen LogP contribution in [-0.2, 0) is 4.57 Å². The van der Waals surface area contributed by atoms with Crippen LogP contribution in [0.3, 0.4) is 0 Å². The van der Waals surface area contributed by atoms with Gasteiger partial charge in [-0.25, -0.2) is 0 Å². The van der Waals surface area contributed by atoms with E-state index >= 15 is 0 Å². The van der Waals surface area contributed by atoms with Gasteiger partial charge in [-0.1, -0.05) is 91.0 Å². The number of hydrogen-bond acceptors (Lipinski definition) is 3. The maximum atomic E-state index is 15.0. The number of furan rings is 2. The molecule has 0 aliphatic carbocycles. The van der Waals surface area contributed by atoms with Gasteiger partial charge in [0.05, 0.1) is 0 Å². The van der Waals surface area contributed by atoms with Crippen LogP contribution >= 0.6 is 7.14 Å². The molecule has 3 nitrogen and oxygen atoms in total. The topological polar surface area (TPSA) is 43.4 Å². The van der Waals surface area contributed by atoms with Gasteiger partial charge in [0.2, 0.25) is 0 Å². The summed E-state index contributed by atoms with van der Waals surface area (Å²) in [7, 11) is -3.10. The average molecular weight is 535 g/mol. The fourth-order valence-electron chi connectivity index (χ4n) is 5.77. The standard InChI is InChI=1S/C36H23O3P/c37-40(26-9-3-1-4-10-26,27-11-5-2-6-12-27)28-17-20-36-32(23-28)31-22-25(16-19-35(31)39-36)24-15-18-34-30(21-24)29-13-7-8-14-33(29)38-34/h1-23H. The van der Waals surface area contributed by atoms with Gasteiger partial charge in [0.1, 0.15) is 22.3 Å². The van der Waals surface area contributed by atoms with Crippen LogP contribution in [0.5, 0.6) is 0 Å². The first-order valence-electron chi connectivity index (χ1n) is 13.3. The number of fused-ring (bicyclic) bond motifs is 6. The quantitative estimate of drug-likeness (QED) is 0.212. The molecule has 0 radical (unpaired) electrons. The second-order valence-corrected chi connectivity index (χ2v) is 12.9. The van der Waals surface area contributed by atoms with Crippen LogP contribution in [0.1, 0.15) is 0 Å². The van der Waals surface area contributed by atoms with Gasteiger partial charge in [0.25, 0.3) is 0 Å². The number of para-hydroxylation sites is 1. The third kappa shape index (κ3) is 3.49. The highest BCUT2D eigenvalue weighted by Gasteiger charge is 2.30. The average Bonchev–Trinajstić information content (AvgIpc) is 3.58. The summed E-state index contributed by atoms with van der Waals surface area (Å²) in [5.74, 6) is 0. The zero-order valence-electron chi connectivity index (χ0n) is 21.5. The number of rotatable bonds is 4. The highest BCUT2D eigenvalue weighted by molar-refractivity contribution is 7.85. The Labute approximate surface area is 230 Å². The molecule has 40 heavy (non-hydrogen) atoms. The maximum absolute atomic E-state index is 15.0. The Kier molecular flexibility index (Phi) is 5.10. The molecule has 190 valence electrons. The Morgan fingerprint density at radius 3 is 1.43 bits per heavy atom. The lowest BCUT2D eigenvalue weighted by Gasteiger charge is -2.20. The molecule has 0 spiro atoms. The zero-order chi connectivity index (χ0) is 26.7. The van der Waals surface area contributed by atoms with E-state index in [0.717, 1.165) is 70.9 Å². The second-order valence-electron chi connectivity index (χ2n) is 10.1. The van der Waals surface area contributed by atoms with Crippen molar-refractivity contribution in [1.29, 1.82) is 0 Å². The zero-order valence-corrected chi connectivity index (χ0v) is 22.3. The largest absolute Gasteiger partial charge is 0.456 e. The first-order valence-corrected chi connectivity index (χ1v) is 15.0. The van der Waals surface area contributed by atoms with Crippen molar-refractivity contribution in [3.8, 4) is 11.1 Å². The van der Waals surface area contributed by atoms with Crippen LogP contribution in [0, 0.1) is 0 Å². The molecule has 0 aliphatic heterocycles. The van der Waals surface area contributed by atoms with E-state index in [1.807, 2.05) is 103 Å². The first-order chi connectivity index (χ1) is 19.7. The van der Waals surface area contributed by atoms with Gasteiger partial charge in [-0.2, -0.15) is 0 Å². The molecule has 2 heterocycles. The van der Waals surface area contributed by atoms with Crippen LogP contribution in [0.4, 0.5) is 0 Å². The van der Waals surface area contributed by atoms with E-state index in [-0.39, 0.29) is 0 Å². The van der Waals surface area contributed by atoms with Crippen molar-refractivity contribution in [2.45, 2.75) is 0 Å². The van der Waals surface area contributed by atoms with E-state index in [9.17, 15) is 4.57 Å². The van der Waals surface area contributed by atoms with E-state index in [4.69, 9.17) is 8.83 Å². The predicted octanol–water partition coefficient (Wildman–Crippen LogP) is 8.79. The Balaban J connectivity index is 1.32. The Morgan fingerprint density at radius 2 is 0.825 bits per heavy atom. The van der Waals surface area contributed by atoms with E-state index < -0.39 is 7.14 Å². The molecule has 0 aliphatic rings. The third-order valence-electron chi connectivity index (χ3n) is 7.77. The molecule has 8 rings (SSSR count). The van der Waals surface area contributed by atoms with Gasteiger partial charge in [0, 0.05) is 37.5 Å². The van der Waals surface area contributed by atoms with Crippen LogP contribution in [0.2, 0.25) is 0 Å². The normalized spacial score (nSPS) is 12.1. The van der Waals surface area contributed by atoms with Crippen molar-refractivity contribution in [3.05, 3.63) is 140 Å². The van der Waals surface area contributed by atoms with E-state index in [1.165, 1.54) is 0 Å². The number of hydrogen-bond donors (Lipinski definition) is 0. The molecular formula is C36H23O3P. The Hall–Kier alpha value is -4.85. The molecule has 2 aromatic heterocycles. The van der Waals surface area contributed by atoms with Crippen LogP contribution in [-0.4, -0.2) is 0 Å². The van der Waals surface area contributed by atoms with E-state index in [2.05, 4.69) is 36.4 Å². The minimum absolute atomic E-state index is 0.778. The molecule has 0 unspecified atom stereocenters. The molecule has 0 N–H and O–H groups in total. The van der Waals surface area contributed by atoms with Crippen LogP contribution in [0.25, 0.3) is 55.0 Å². The summed E-state index contributed by atoms with van der Waals surface area (Å²) in [6.07, 6.45) is 0. The van der Waals surface area contributed by atoms with Crippen molar-refractivity contribution >= 4 is 66.9 Å². The summed E-state index contributed by atoms with van der Waals surface area (Å²) in [6, 6.07) is 46.2. The van der Waals surface area contributed by atoms with Crippen molar-refractivity contribution in [1.82, 2.24) is 0 Å². The minimum atomic E-state index is -3.10. The first kappa shape index (κ1) is 23.1. The smallest absolute Gasteiger partial charge is 0.171 e. The predicted molar refractivity (Wildman–Crippen MR) is 166 cm³/mol. The van der Waals surface area contributed by atoms with Gasteiger partial charge >= 0.3 is 0 Å². The second kappa shape index (κ2) is 8.84. The molecular weight excluding hydrogens is 511 g/mol. The van der Waals surface area contributed by atoms with E-state index in [1.54, 1.807) is 0 Å². The summed E-state index contributed by atoms with van der Waals surface area (Å²) < 4.78 is 27.2. The maximum Gasteiger partial charge on any atom is 0.171 e. The lowest BCUT2D eigenvalue weighted by Crippen LogP contribution is -2.24. The molecule has 0 saturated heterocycles. The number of benzene rings is 6. The summed E-state index contributed by atoms with van der Waals surface area (Å²) in [6.45, 7) is 0. The van der Waals surface area contributed by atoms with Crippen molar-refractivity contribution in [2.24, 2.45) is 0 Å². The molecule has 8 aromatic rings. The molecule has 0 atom stereocenters. The van der Waals surface area contributed by atoms with Gasteiger partial charge in [0.15, 0.2) is 7.14 Å². The summed E-state index contributed by atoms with van der Waals surface area (Å²) in [5.41, 5.74) is 5.54. The molecule has 4 heteroatoms. The SMILES string of the molecule is O=P(c1ccccc1)(c1ccccc1)c1ccc2oc3ccc(-c4ccc5oc6ccccc6c5c4)cc3c2c1. The molecule has 0 saturated carbocycles. The Morgan fingerprint density at radius 1 is 0.375 bits per heavy atom. The van der Waals surface area contributed by atoms with Crippen molar-refractivity contribution in [2.75, 3.05) is 0 Å². The molecule has 0 amide bonds. The summed E-state index contributed by atoms with van der Waals surface area (Å²) in [4.78, 5) is 0. The van der Waals surface area contributed by atoms with Gasteiger partial charge in [-0.15, -0.1) is 0 Å². The van der Waals surface area contributed by atoms with Gasteiger partial charge < -0.3 is 13.4 Å². The third-order valence-corrected chi connectivity index (χ3v) is 10.8. The molecule has 0 fully saturated rings. The highest BCUT2D eigenvalue weighted by Crippen LogP contribution is 2.44. The molecule has 6 aromatic carbocycles. The summed E-state index contributed by atoms with van der Waals surface area (Å²) >= 11 is 0. The Bertz CT molecular complexity index is 2200. The molecule has 0 bridgehead atoms. The van der Waals surface area contributed by atoms with Gasteiger partial charge in [-0.05, 0) is 59.7 Å². The van der Waals surface area contributed by atoms with Gasteiger partial charge in [-0.3, -0.25) is 0 Å². The highest BCUT2D eigenvalue weighted by atomic mass is 31.2. The fraction of sp³-hybridized carbons (Fsp3) is 0. The minimum Gasteiger partial charge on any atom is -0.456 e. The lowest BCUT2D eigenvalue weighted by atomic mass is 10.0. The fourth-order valence-corrected chi connectivity index (χ4v) is 8.44. The van der Waals surface area contributed by atoms with Crippen molar-refractivity contribution < 1.29 is 13.4 Å². The van der Waals surface area contributed by atoms with Crippen molar-refractivity contribution in [3.63, 3.8) is 0 Å². The monoisotopic (exact) mass is 534 g/mol. The van der Waals surface area contributed by atoms with E-state index in [0.29, 0.717) is 0 Å². The van der Waals surface area contributed by atoms with Crippen LogP contribution < -0.4 is 15.9 Å².